The zero-order valence-corrected chi connectivity index (χ0v) is 19.7. The third-order valence-electron chi connectivity index (χ3n) is 5.57. The SMILES string of the molecule is COc1ccc(Cl)cc1/C(O)=C1\C(=O)C(=O)N(c2ccc(OC(F)(F)F)cc2)C1c1cccc(C)c1. The Morgan fingerprint density at radius 1 is 1.03 bits per heavy atom. The first-order chi connectivity index (χ1) is 17.0. The summed E-state index contributed by atoms with van der Waals surface area (Å²) in [6.45, 7) is 1.82. The standard InChI is InChI=1S/C26H19ClF3NO5/c1-14-4-3-5-15(12-14)22-21(23(32)19-13-16(27)6-11-20(19)35-2)24(33)25(34)31(22)17-7-9-18(10-8-17)36-26(28,29)30/h3-13,22,32H,1-2H3/b23-21+. The van der Waals surface area contributed by atoms with E-state index in [1.807, 2.05) is 13.0 Å². The molecule has 1 N–H and O–H groups in total. The molecule has 1 aliphatic rings. The number of amides is 1. The molecule has 3 aromatic rings. The molecule has 1 heterocycles. The number of rotatable bonds is 5. The molecular weight excluding hydrogens is 499 g/mol. The van der Waals surface area contributed by atoms with E-state index in [0.717, 1.165) is 22.6 Å². The van der Waals surface area contributed by atoms with Crippen LogP contribution in [0.1, 0.15) is 22.7 Å². The number of ether oxygens (including phenoxy) is 2. The highest BCUT2D eigenvalue weighted by molar-refractivity contribution is 6.51. The zero-order valence-electron chi connectivity index (χ0n) is 19.0. The maximum absolute atomic E-state index is 13.3. The van der Waals surface area contributed by atoms with Crippen molar-refractivity contribution in [3.05, 3.63) is 94.0 Å². The number of ketones is 1. The van der Waals surface area contributed by atoms with Gasteiger partial charge in [-0.1, -0.05) is 41.4 Å². The molecule has 6 nitrogen and oxygen atoms in total. The fourth-order valence-electron chi connectivity index (χ4n) is 4.07. The van der Waals surface area contributed by atoms with Gasteiger partial charge in [0.25, 0.3) is 11.7 Å². The Hall–Kier alpha value is -3.98. The van der Waals surface area contributed by atoms with Crippen LogP contribution >= 0.6 is 11.6 Å². The quantitative estimate of drug-likeness (QED) is 0.248. The molecule has 4 rings (SSSR count). The molecule has 1 atom stereocenters. The average Bonchev–Trinajstić information content (AvgIpc) is 3.08. The highest BCUT2D eigenvalue weighted by atomic mass is 35.5. The predicted octanol–water partition coefficient (Wildman–Crippen LogP) is 6.18. The van der Waals surface area contributed by atoms with E-state index in [9.17, 15) is 27.9 Å². The van der Waals surface area contributed by atoms with E-state index >= 15 is 0 Å². The van der Waals surface area contributed by atoms with E-state index in [1.165, 1.54) is 31.4 Å². The molecule has 1 saturated heterocycles. The number of hydrogen-bond acceptors (Lipinski definition) is 5. The van der Waals surface area contributed by atoms with Crippen molar-refractivity contribution < 1.29 is 37.3 Å². The molecule has 1 amide bonds. The summed E-state index contributed by atoms with van der Waals surface area (Å²) < 4.78 is 47.0. The van der Waals surface area contributed by atoms with Crippen molar-refractivity contribution in [1.29, 1.82) is 0 Å². The third-order valence-corrected chi connectivity index (χ3v) is 5.80. The number of anilines is 1. The van der Waals surface area contributed by atoms with Crippen molar-refractivity contribution >= 4 is 34.7 Å². The molecule has 0 saturated carbocycles. The molecule has 0 radical (unpaired) electrons. The lowest BCUT2D eigenvalue weighted by molar-refractivity contribution is -0.274. The number of hydrogen-bond donors (Lipinski definition) is 1. The molecule has 0 spiro atoms. The summed E-state index contributed by atoms with van der Waals surface area (Å²) in [6, 6.07) is 14.9. The molecule has 0 aliphatic carbocycles. The van der Waals surface area contributed by atoms with Crippen LogP contribution in [0.25, 0.3) is 5.76 Å². The monoisotopic (exact) mass is 517 g/mol. The van der Waals surface area contributed by atoms with Crippen LogP contribution in [0.5, 0.6) is 11.5 Å². The predicted molar refractivity (Wildman–Crippen MR) is 127 cm³/mol. The van der Waals surface area contributed by atoms with Crippen LogP contribution in [0.4, 0.5) is 18.9 Å². The number of aliphatic hydroxyl groups is 1. The van der Waals surface area contributed by atoms with Gasteiger partial charge in [0.1, 0.15) is 17.3 Å². The summed E-state index contributed by atoms with van der Waals surface area (Å²) in [5.41, 5.74) is 1.35. The van der Waals surface area contributed by atoms with Crippen LogP contribution in [0.15, 0.2) is 72.3 Å². The fourth-order valence-corrected chi connectivity index (χ4v) is 4.25. The molecule has 1 aliphatic heterocycles. The van der Waals surface area contributed by atoms with Gasteiger partial charge in [-0.3, -0.25) is 14.5 Å². The zero-order chi connectivity index (χ0) is 26.2. The van der Waals surface area contributed by atoms with Crippen LogP contribution in [0.3, 0.4) is 0 Å². The van der Waals surface area contributed by atoms with Gasteiger partial charge in [-0.05, 0) is 55.0 Å². The largest absolute Gasteiger partial charge is 0.573 e. The van der Waals surface area contributed by atoms with E-state index in [2.05, 4.69) is 4.74 Å². The first kappa shape index (κ1) is 25.1. The molecule has 36 heavy (non-hydrogen) atoms. The topological polar surface area (TPSA) is 76.1 Å². The van der Waals surface area contributed by atoms with Crippen LogP contribution in [0.2, 0.25) is 5.02 Å². The van der Waals surface area contributed by atoms with Crippen molar-refractivity contribution in [2.75, 3.05) is 12.0 Å². The Morgan fingerprint density at radius 2 is 1.72 bits per heavy atom. The minimum atomic E-state index is -4.89. The van der Waals surface area contributed by atoms with Gasteiger partial charge in [-0.15, -0.1) is 13.2 Å². The van der Waals surface area contributed by atoms with Crippen molar-refractivity contribution in [2.45, 2.75) is 19.3 Å². The summed E-state index contributed by atoms with van der Waals surface area (Å²) in [5.74, 6) is -2.71. The number of carbonyl (C=O) groups is 2. The smallest absolute Gasteiger partial charge is 0.507 e. The number of aryl methyl sites for hydroxylation is 1. The number of methoxy groups -OCH3 is 1. The minimum absolute atomic E-state index is 0.106. The number of carbonyl (C=O) groups excluding carboxylic acids is 2. The van der Waals surface area contributed by atoms with Gasteiger partial charge >= 0.3 is 6.36 Å². The number of nitrogens with zero attached hydrogens (tertiary/aromatic N) is 1. The second-order valence-electron chi connectivity index (χ2n) is 7.97. The Kier molecular flexibility index (Phi) is 6.69. The van der Waals surface area contributed by atoms with Crippen LogP contribution < -0.4 is 14.4 Å². The van der Waals surface area contributed by atoms with E-state index in [-0.39, 0.29) is 27.6 Å². The van der Waals surface area contributed by atoms with Crippen molar-refractivity contribution in [1.82, 2.24) is 0 Å². The Bertz CT molecular complexity index is 1370. The van der Waals surface area contributed by atoms with Crippen molar-refractivity contribution in [2.24, 2.45) is 0 Å². The number of aliphatic hydroxyl groups excluding tert-OH is 1. The number of alkyl halides is 3. The first-order valence-electron chi connectivity index (χ1n) is 10.6. The summed E-state index contributed by atoms with van der Waals surface area (Å²) in [6.07, 6.45) is -4.89. The van der Waals surface area contributed by atoms with Gasteiger partial charge < -0.3 is 14.6 Å². The molecule has 0 bridgehead atoms. The van der Waals surface area contributed by atoms with Crippen molar-refractivity contribution in [3.63, 3.8) is 0 Å². The van der Waals surface area contributed by atoms with Gasteiger partial charge in [0, 0.05) is 10.7 Å². The first-order valence-corrected chi connectivity index (χ1v) is 10.9. The van der Waals surface area contributed by atoms with Crippen LogP contribution in [-0.2, 0) is 9.59 Å². The summed E-state index contributed by atoms with van der Waals surface area (Å²) in [7, 11) is 1.38. The number of Topliss-reactive ketones (excluding diaryl/α,β-unsaturated/α-hetero) is 1. The Balaban J connectivity index is 1.90. The summed E-state index contributed by atoms with van der Waals surface area (Å²) in [4.78, 5) is 27.6. The fraction of sp³-hybridized carbons (Fsp3) is 0.154. The molecule has 3 aromatic carbocycles. The lowest BCUT2D eigenvalue weighted by Gasteiger charge is -2.26. The Labute approximate surface area is 209 Å². The average molecular weight is 518 g/mol. The molecule has 1 fully saturated rings. The van der Waals surface area contributed by atoms with Gasteiger partial charge in [0.2, 0.25) is 0 Å². The normalized spacial score (nSPS) is 17.4. The lowest BCUT2D eigenvalue weighted by Crippen LogP contribution is -2.29. The van der Waals surface area contributed by atoms with Gasteiger partial charge in [-0.25, -0.2) is 0 Å². The second-order valence-corrected chi connectivity index (χ2v) is 8.41. The summed E-state index contributed by atoms with van der Waals surface area (Å²) >= 11 is 6.11. The van der Waals surface area contributed by atoms with Crippen LogP contribution in [0, 0.1) is 6.92 Å². The lowest BCUT2D eigenvalue weighted by atomic mass is 9.94. The third kappa shape index (κ3) is 4.87. The second kappa shape index (κ2) is 9.58. The van der Waals surface area contributed by atoms with Crippen LogP contribution in [-0.4, -0.2) is 30.3 Å². The number of benzene rings is 3. The molecule has 186 valence electrons. The van der Waals surface area contributed by atoms with E-state index in [4.69, 9.17) is 16.3 Å². The van der Waals surface area contributed by atoms with E-state index in [1.54, 1.807) is 24.3 Å². The van der Waals surface area contributed by atoms with E-state index < -0.39 is 35.6 Å². The molecular formula is C26H19ClF3NO5. The maximum Gasteiger partial charge on any atom is 0.573 e. The van der Waals surface area contributed by atoms with E-state index in [0.29, 0.717) is 5.56 Å². The minimum Gasteiger partial charge on any atom is -0.507 e. The van der Waals surface area contributed by atoms with Gasteiger partial charge in [0.05, 0.1) is 24.3 Å². The van der Waals surface area contributed by atoms with Gasteiger partial charge in [-0.2, -0.15) is 0 Å². The Morgan fingerprint density at radius 3 is 2.33 bits per heavy atom. The molecule has 1 unspecified atom stereocenters. The number of halogens is 4. The maximum atomic E-state index is 13.3. The summed E-state index contributed by atoms with van der Waals surface area (Å²) in [5, 5.41) is 11.5. The van der Waals surface area contributed by atoms with Gasteiger partial charge in [0.15, 0.2) is 0 Å². The highest BCUT2D eigenvalue weighted by Crippen LogP contribution is 2.44. The van der Waals surface area contributed by atoms with Crippen molar-refractivity contribution in [3.8, 4) is 11.5 Å². The highest BCUT2D eigenvalue weighted by Gasteiger charge is 2.47. The molecule has 0 aromatic heterocycles. The molecule has 10 heteroatoms.